The zero-order valence-corrected chi connectivity index (χ0v) is 9.68. The Kier molecular flexibility index (Phi) is 12.2. The molecular formula is C10H21NO4. The highest BCUT2D eigenvalue weighted by atomic mass is 16.6. The van der Waals surface area contributed by atoms with E-state index >= 15 is 0 Å². The molecule has 1 aliphatic rings. The lowest BCUT2D eigenvalue weighted by Crippen LogP contribution is -2.37. The minimum absolute atomic E-state index is 0.129. The summed E-state index contributed by atoms with van der Waals surface area (Å²) in [5.74, 6) is 0. The highest BCUT2D eigenvalue weighted by Gasteiger charge is 2.28. The quantitative estimate of drug-likeness (QED) is 0.413. The van der Waals surface area contributed by atoms with Crippen molar-refractivity contribution in [2.45, 2.75) is 39.3 Å². The number of aliphatic hydroxyl groups excluding tert-OH is 1. The van der Waals surface area contributed by atoms with Crippen LogP contribution in [0.15, 0.2) is 12.7 Å². The minimum atomic E-state index is -0.719. The van der Waals surface area contributed by atoms with Gasteiger partial charge in [-0.1, -0.05) is 19.9 Å². The molecule has 5 heteroatoms. The van der Waals surface area contributed by atoms with Gasteiger partial charge >= 0.3 is 0 Å². The molecule has 0 spiro atoms. The third-order valence-electron chi connectivity index (χ3n) is 1.46. The Balaban J connectivity index is 0. The van der Waals surface area contributed by atoms with Crippen molar-refractivity contribution < 1.29 is 14.8 Å². The molecule has 0 aromatic rings. The number of rotatable bonds is 1. The van der Waals surface area contributed by atoms with Crippen LogP contribution in [0.25, 0.3) is 0 Å². The summed E-state index contributed by atoms with van der Waals surface area (Å²) in [6, 6.07) is -0.719. The van der Waals surface area contributed by atoms with Crippen LogP contribution in [0.2, 0.25) is 0 Å². The van der Waals surface area contributed by atoms with Gasteiger partial charge in [0, 0.05) is 11.3 Å². The van der Waals surface area contributed by atoms with E-state index in [-0.39, 0.29) is 19.6 Å². The van der Waals surface area contributed by atoms with Gasteiger partial charge < -0.3 is 9.84 Å². The topological polar surface area (TPSA) is 72.6 Å². The first-order valence-corrected chi connectivity index (χ1v) is 5.08. The number of nitrogens with zero attached hydrogens (tertiary/aromatic N) is 1. The van der Waals surface area contributed by atoms with Crippen molar-refractivity contribution in [3.8, 4) is 0 Å². The van der Waals surface area contributed by atoms with Gasteiger partial charge in [0.1, 0.15) is 6.61 Å². The lowest BCUT2D eigenvalue weighted by Gasteiger charge is -2.19. The molecule has 2 unspecified atom stereocenters. The Hall–Kier alpha value is -0.940. The van der Waals surface area contributed by atoms with Gasteiger partial charge in [-0.3, -0.25) is 10.1 Å². The summed E-state index contributed by atoms with van der Waals surface area (Å²) in [4.78, 5) is 9.70. The van der Waals surface area contributed by atoms with E-state index in [9.17, 15) is 10.1 Å². The van der Waals surface area contributed by atoms with Crippen molar-refractivity contribution in [3.63, 3.8) is 0 Å². The van der Waals surface area contributed by atoms with Gasteiger partial charge in [0.05, 0.1) is 12.7 Å². The van der Waals surface area contributed by atoms with Crippen molar-refractivity contribution in [3.05, 3.63) is 22.8 Å². The van der Waals surface area contributed by atoms with Gasteiger partial charge in [-0.25, -0.2) is 0 Å². The fourth-order valence-corrected chi connectivity index (χ4v) is 0.937. The summed E-state index contributed by atoms with van der Waals surface area (Å²) in [6.45, 7) is 9.61. The second kappa shape index (κ2) is 11.1. The largest absolute Gasteiger partial charge is 0.390 e. The van der Waals surface area contributed by atoms with Crippen LogP contribution >= 0.6 is 0 Å². The standard InChI is InChI=1S/C5H9NO4.C3H6.C2H6/c7-5-1-4(6(8)9)2-10-3-5;1-3-2;1-2/h4-5,7H,1-3H2;3H,1H2,2H3;1-2H3. The third kappa shape index (κ3) is 9.37. The van der Waals surface area contributed by atoms with Gasteiger partial charge in [-0.15, -0.1) is 6.58 Å². The van der Waals surface area contributed by atoms with Crippen LogP contribution in [0.3, 0.4) is 0 Å². The average molecular weight is 219 g/mol. The number of hydrogen-bond donors (Lipinski definition) is 1. The lowest BCUT2D eigenvalue weighted by atomic mass is 10.1. The van der Waals surface area contributed by atoms with Crippen molar-refractivity contribution in [2.24, 2.45) is 0 Å². The lowest BCUT2D eigenvalue weighted by molar-refractivity contribution is -0.533. The van der Waals surface area contributed by atoms with Gasteiger partial charge in [0.25, 0.3) is 0 Å². The Morgan fingerprint density at radius 2 is 2.00 bits per heavy atom. The van der Waals surface area contributed by atoms with Crippen molar-refractivity contribution >= 4 is 0 Å². The Morgan fingerprint density at radius 3 is 2.27 bits per heavy atom. The highest BCUT2D eigenvalue weighted by molar-refractivity contribution is 4.68. The van der Waals surface area contributed by atoms with Crippen LogP contribution < -0.4 is 0 Å². The van der Waals surface area contributed by atoms with Crippen LogP contribution in [-0.4, -0.2) is 35.4 Å². The SMILES string of the molecule is C=CC.CC.O=[N+]([O-])C1COCC(O)C1. The number of nitro groups is 1. The molecule has 0 aliphatic carbocycles. The van der Waals surface area contributed by atoms with Crippen molar-refractivity contribution in [1.29, 1.82) is 0 Å². The van der Waals surface area contributed by atoms with Crippen LogP contribution in [0.5, 0.6) is 0 Å². The molecule has 0 amide bonds. The zero-order valence-electron chi connectivity index (χ0n) is 9.68. The molecule has 15 heavy (non-hydrogen) atoms. The Labute approximate surface area is 90.9 Å². The molecular weight excluding hydrogens is 198 g/mol. The van der Waals surface area contributed by atoms with Crippen LogP contribution in [-0.2, 0) is 4.74 Å². The summed E-state index contributed by atoms with van der Waals surface area (Å²) >= 11 is 0. The number of aliphatic hydroxyl groups is 1. The maximum Gasteiger partial charge on any atom is 0.238 e. The predicted molar refractivity (Wildman–Crippen MR) is 59.4 cm³/mol. The van der Waals surface area contributed by atoms with E-state index < -0.39 is 17.1 Å². The summed E-state index contributed by atoms with van der Waals surface area (Å²) in [5, 5.41) is 19.0. The fourth-order valence-electron chi connectivity index (χ4n) is 0.937. The molecule has 1 aliphatic heterocycles. The number of allylic oxidation sites excluding steroid dienone is 1. The van der Waals surface area contributed by atoms with E-state index in [1.807, 2.05) is 20.8 Å². The monoisotopic (exact) mass is 219 g/mol. The summed E-state index contributed by atoms with van der Waals surface area (Å²) in [6.07, 6.45) is 1.30. The Morgan fingerprint density at radius 1 is 1.53 bits per heavy atom. The van der Waals surface area contributed by atoms with E-state index in [1.54, 1.807) is 6.08 Å². The van der Waals surface area contributed by atoms with Gasteiger partial charge in [0.2, 0.25) is 6.04 Å². The van der Waals surface area contributed by atoms with Crippen molar-refractivity contribution in [1.82, 2.24) is 0 Å². The van der Waals surface area contributed by atoms with Gasteiger partial charge in [0.15, 0.2) is 0 Å². The van der Waals surface area contributed by atoms with Crippen LogP contribution in [0.1, 0.15) is 27.2 Å². The normalized spacial score (nSPS) is 23.7. The molecule has 90 valence electrons. The third-order valence-corrected chi connectivity index (χ3v) is 1.46. The maximum atomic E-state index is 10.1. The molecule has 1 saturated heterocycles. The summed E-state index contributed by atoms with van der Waals surface area (Å²) < 4.78 is 4.76. The van der Waals surface area contributed by atoms with Gasteiger partial charge in [-0.05, 0) is 6.92 Å². The molecule has 1 N–H and O–H groups in total. The maximum absolute atomic E-state index is 10.1. The fraction of sp³-hybridized carbons (Fsp3) is 0.800. The minimum Gasteiger partial charge on any atom is -0.390 e. The molecule has 0 radical (unpaired) electrons. The zero-order chi connectivity index (χ0) is 12.3. The van der Waals surface area contributed by atoms with E-state index in [1.165, 1.54) is 0 Å². The average Bonchev–Trinajstić information content (AvgIpc) is 2.22. The highest BCUT2D eigenvalue weighted by Crippen LogP contribution is 2.09. The predicted octanol–water partition coefficient (Wildman–Crippen LogP) is 1.63. The van der Waals surface area contributed by atoms with E-state index in [0.717, 1.165) is 0 Å². The molecule has 0 aromatic carbocycles. The second-order valence-corrected chi connectivity index (χ2v) is 2.77. The molecule has 1 fully saturated rings. The molecule has 2 atom stereocenters. The number of hydrogen-bond acceptors (Lipinski definition) is 4. The van der Waals surface area contributed by atoms with Crippen molar-refractivity contribution in [2.75, 3.05) is 13.2 Å². The molecule has 0 aromatic heterocycles. The molecule has 1 heterocycles. The van der Waals surface area contributed by atoms with Crippen LogP contribution in [0, 0.1) is 10.1 Å². The second-order valence-electron chi connectivity index (χ2n) is 2.77. The van der Waals surface area contributed by atoms with Crippen LogP contribution in [0.4, 0.5) is 0 Å². The Bertz CT molecular complexity index is 173. The first kappa shape index (κ1) is 16.5. The summed E-state index contributed by atoms with van der Waals surface area (Å²) in [5.41, 5.74) is 0. The van der Waals surface area contributed by atoms with E-state index in [2.05, 4.69) is 6.58 Å². The smallest absolute Gasteiger partial charge is 0.238 e. The first-order chi connectivity index (χ1) is 7.11. The molecule has 0 bridgehead atoms. The summed E-state index contributed by atoms with van der Waals surface area (Å²) in [7, 11) is 0. The molecule has 5 nitrogen and oxygen atoms in total. The van der Waals surface area contributed by atoms with Gasteiger partial charge in [-0.2, -0.15) is 0 Å². The van der Waals surface area contributed by atoms with E-state index in [4.69, 9.17) is 9.84 Å². The van der Waals surface area contributed by atoms with E-state index in [0.29, 0.717) is 0 Å². The molecule has 0 saturated carbocycles. The first-order valence-electron chi connectivity index (χ1n) is 5.08. The molecule has 1 rings (SSSR count). The number of ether oxygens (including phenoxy) is 1.